The first-order valence-corrected chi connectivity index (χ1v) is 6.97. The highest BCUT2D eigenvalue weighted by molar-refractivity contribution is 6.42. The van der Waals surface area contributed by atoms with E-state index in [4.69, 9.17) is 28.9 Å². The number of rotatable bonds is 2. The van der Waals surface area contributed by atoms with Crippen LogP contribution in [0, 0.1) is 0 Å². The summed E-state index contributed by atoms with van der Waals surface area (Å²) < 4.78 is 0. The summed E-state index contributed by atoms with van der Waals surface area (Å²) in [6, 6.07) is 11.9. The van der Waals surface area contributed by atoms with Crippen molar-refractivity contribution in [2.75, 3.05) is 17.2 Å². The molecule has 0 aromatic heterocycles. The third-order valence-corrected chi connectivity index (χ3v) is 4.26. The Balaban J connectivity index is 1.86. The molecule has 0 bridgehead atoms. The number of benzene rings is 2. The average Bonchev–Trinajstić information content (AvgIpc) is 2.79. The summed E-state index contributed by atoms with van der Waals surface area (Å²) >= 11 is 12.0. The summed E-state index contributed by atoms with van der Waals surface area (Å²) in [4.78, 5) is 2.32. The molecule has 3 rings (SSSR count). The van der Waals surface area contributed by atoms with Crippen LogP contribution in [0.1, 0.15) is 11.1 Å². The number of hydrogen-bond acceptors (Lipinski definition) is 2. The molecule has 2 nitrogen and oxygen atoms in total. The van der Waals surface area contributed by atoms with Crippen molar-refractivity contribution in [3.05, 3.63) is 57.6 Å². The molecule has 19 heavy (non-hydrogen) atoms. The fraction of sp³-hybridized carbons (Fsp3) is 0.200. The van der Waals surface area contributed by atoms with E-state index in [1.54, 1.807) is 0 Å². The minimum atomic E-state index is 0.594. The number of halogens is 2. The van der Waals surface area contributed by atoms with Gasteiger partial charge in [0.2, 0.25) is 0 Å². The number of anilines is 2. The van der Waals surface area contributed by atoms with Crippen molar-refractivity contribution in [1.29, 1.82) is 0 Å². The highest BCUT2D eigenvalue weighted by atomic mass is 35.5. The lowest BCUT2D eigenvalue weighted by atomic mass is 10.1. The lowest BCUT2D eigenvalue weighted by Crippen LogP contribution is -2.19. The molecule has 2 aromatic carbocycles. The van der Waals surface area contributed by atoms with Crippen LogP contribution in [0.2, 0.25) is 10.0 Å². The maximum Gasteiger partial charge on any atom is 0.0595 e. The van der Waals surface area contributed by atoms with Crippen molar-refractivity contribution in [1.82, 2.24) is 0 Å². The molecule has 1 aliphatic heterocycles. The number of nitrogens with zero attached hydrogens (tertiary/aromatic N) is 1. The van der Waals surface area contributed by atoms with Crippen LogP contribution in [-0.2, 0) is 13.0 Å². The molecule has 1 aliphatic rings. The first-order valence-electron chi connectivity index (χ1n) is 6.21. The van der Waals surface area contributed by atoms with E-state index in [9.17, 15) is 0 Å². The fourth-order valence-corrected chi connectivity index (χ4v) is 2.87. The van der Waals surface area contributed by atoms with Gasteiger partial charge in [-0.3, -0.25) is 0 Å². The van der Waals surface area contributed by atoms with Crippen molar-refractivity contribution in [2.24, 2.45) is 0 Å². The number of nitrogen functional groups attached to an aromatic ring is 1. The van der Waals surface area contributed by atoms with Crippen LogP contribution in [0.15, 0.2) is 36.4 Å². The Bertz CT molecular complexity index is 626. The van der Waals surface area contributed by atoms with Crippen LogP contribution in [0.3, 0.4) is 0 Å². The molecule has 2 aromatic rings. The number of hydrogen-bond donors (Lipinski definition) is 1. The minimum Gasteiger partial charge on any atom is -0.398 e. The molecule has 1 heterocycles. The largest absolute Gasteiger partial charge is 0.398 e. The predicted molar refractivity (Wildman–Crippen MR) is 82.1 cm³/mol. The van der Waals surface area contributed by atoms with Crippen molar-refractivity contribution >= 4 is 34.6 Å². The Morgan fingerprint density at radius 1 is 1.11 bits per heavy atom. The maximum absolute atomic E-state index is 6.05. The predicted octanol–water partition coefficient (Wildman–Crippen LogP) is 4.14. The highest BCUT2D eigenvalue weighted by Crippen LogP contribution is 2.33. The van der Waals surface area contributed by atoms with Gasteiger partial charge < -0.3 is 10.6 Å². The van der Waals surface area contributed by atoms with E-state index >= 15 is 0 Å². The zero-order chi connectivity index (χ0) is 13.4. The third-order valence-electron chi connectivity index (χ3n) is 3.52. The van der Waals surface area contributed by atoms with Gasteiger partial charge in [-0.2, -0.15) is 0 Å². The molecular weight excluding hydrogens is 279 g/mol. The van der Waals surface area contributed by atoms with Gasteiger partial charge >= 0.3 is 0 Å². The lowest BCUT2D eigenvalue weighted by Gasteiger charge is -2.20. The zero-order valence-electron chi connectivity index (χ0n) is 10.4. The topological polar surface area (TPSA) is 29.3 Å². The van der Waals surface area contributed by atoms with Gasteiger partial charge in [0, 0.05) is 30.0 Å². The Kier molecular flexibility index (Phi) is 3.29. The van der Waals surface area contributed by atoms with Crippen LogP contribution < -0.4 is 10.6 Å². The van der Waals surface area contributed by atoms with E-state index in [1.165, 1.54) is 11.3 Å². The van der Waals surface area contributed by atoms with Gasteiger partial charge in [-0.25, -0.2) is 0 Å². The quantitative estimate of drug-likeness (QED) is 0.843. The average molecular weight is 293 g/mol. The normalized spacial score (nSPS) is 13.7. The van der Waals surface area contributed by atoms with Crippen LogP contribution >= 0.6 is 23.2 Å². The van der Waals surface area contributed by atoms with Crippen LogP contribution in [0.25, 0.3) is 0 Å². The maximum atomic E-state index is 6.05. The smallest absolute Gasteiger partial charge is 0.0595 e. The second-order valence-electron chi connectivity index (χ2n) is 4.76. The highest BCUT2D eigenvalue weighted by Gasteiger charge is 2.20. The molecule has 4 heteroatoms. The molecule has 0 aliphatic carbocycles. The molecule has 0 unspecified atom stereocenters. The summed E-state index contributed by atoms with van der Waals surface area (Å²) in [5.41, 5.74) is 10.5. The first-order chi connectivity index (χ1) is 9.15. The summed E-state index contributed by atoms with van der Waals surface area (Å²) in [5, 5.41) is 1.20. The van der Waals surface area contributed by atoms with Crippen molar-refractivity contribution < 1.29 is 0 Å². The molecule has 0 atom stereocenters. The molecule has 0 spiro atoms. The number of fused-ring (bicyclic) bond motifs is 1. The molecular formula is C15H14Cl2N2. The summed E-state index contributed by atoms with van der Waals surface area (Å²) in [7, 11) is 0. The fourth-order valence-electron chi connectivity index (χ4n) is 2.55. The molecule has 0 radical (unpaired) electrons. The third kappa shape index (κ3) is 2.38. The van der Waals surface area contributed by atoms with Gasteiger partial charge in [0.1, 0.15) is 0 Å². The molecule has 0 saturated heterocycles. The zero-order valence-corrected chi connectivity index (χ0v) is 11.9. The van der Waals surface area contributed by atoms with Crippen LogP contribution in [-0.4, -0.2) is 6.54 Å². The molecule has 98 valence electrons. The van der Waals surface area contributed by atoms with Gasteiger partial charge in [0.25, 0.3) is 0 Å². The van der Waals surface area contributed by atoms with Gasteiger partial charge in [-0.15, -0.1) is 0 Å². The molecule has 0 amide bonds. The van der Waals surface area contributed by atoms with Crippen molar-refractivity contribution in [3.63, 3.8) is 0 Å². The first kappa shape index (κ1) is 12.6. The summed E-state index contributed by atoms with van der Waals surface area (Å²) in [5.74, 6) is 0. The van der Waals surface area contributed by atoms with Crippen molar-refractivity contribution in [3.8, 4) is 0 Å². The Labute approximate surface area is 122 Å². The molecule has 0 fully saturated rings. The molecule has 0 saturated carbocycles. The van der Waals surface area contributed by atoms with Gasteiger partial charge in [0.15, 0.2) is 0 Å². The lowest BCUT2D eigenvalue weighted by molar-refractivity contribution is 0.836. The van der Waals surface area contributed by atoms with E-state index in [0.29, 0.717) is 10.0 Å². The second kappa shape index (κ2) is 4.95. The van der Waals surface area contributed by atoms with Crippen molar-refractivity contribution in [2.45, 2.75) is 13.0 Å². The minimum absolute atomic E-state index is 0.594. The van der Waals surface area contributed by atoms with E-state index in [1.807, 2.05) is 30.3 Å². The molecule has 2 N–H and O–H groups in total. The Morgan fingerprint density at radius 2 is 1.95 bits per heavy atom. The van der Waals surface area contributed by atoms with E-state index < -0.39 is 0 Å². The van der Waals surface area contributed by atoms with Gasteiger partial charge in [-0.1, -0.05) is 35.3 Å². The SMILES string of the molecule is Nc1cccc2c1CCN2Cc1ccc(Cl)c(Cl)c1. The Hall–Kier alpha value is -1.38. The summed E-state index contributed by atoms with van der Waals surface area (Å²) in [6.07, 6.45) is 1.00. The van der Waals surface area contributed by atoms with Crippen LogP contribution in [0.5, 0.6) is 0 Å². The van der Waals surface area contributed by atoms with E-state index in [2.05, 4.69) is 11.0 Å². The summed E-state index contributed by atoms with van der Waals surface area (Å²) in [6.45, 7) is 1.82. The van der Waals surface area contributed by atoms with E-state index in [0.717, 1.165) is 30.8 Å². The van der Waals surface area contributed by atoms with Gasteiger partial charge in [-0.05, 0) is 36.2 Å². The number of nitrogens with two attached hydrogens (primary N) is 1. The van der Waals surface area contributed by atoms with E-state index in [-0.39, 0.29) is 0 Å². The van der Waals surface area contributed by atoms with Gasteiger partial charge in [0.05, 0.1) is 10.0 Å². The van der Waals surface area contributed by atoms with Crippen LogP contribution in [0.4, 0.5) is 11.4 Å². The second-order valence-corrected chi connectivity index (χ2v) is 5.58. The standard InChI is InChI=1S/C15H14Cl2N2/c16-12-5-4-10(8-13(12)17)9-19-7-6-11-14(18)2-1-3-15(11)19/h1-5,8H,6-7,9,18H2. The monoisotopic (exact) mass is 292 g/mol. The Morgan fingerprint density at radius 3 is 2.74 bits per heavy atom.